The zero-order valence-corrected chi connectivity index (χ0v) is 37.7. The van der Waals surface area contributed by atoms with Crippen molar-refractivity contribution >= 4 is 67.0 Å². The number of fused-ring (bicyclic) bond motifs is 4. The largest absolute Gasteiger partial charge is 2.00 e. The Labute approximate surface area is 393 Å². The maximum atomic E-state index is 5.09. The number of hydrogen-bond donors (Lipinski definition) is 0. The smallest absolute Gasteiger partial charge is 0.352 e. The second kappa shape index (κ2) is 18.1. The fourth-order valence-corrected chi connectivity index (χ4v) is 7.76. The Morgan fingerprint density at radius 2 is 0.841 bits per heavy atom. The fraction of sp³-hybridized carbons (Fsp3) is 0. The van der Waals surface area contributed by atoms with Gasteiger partial charge < -0.3 is 24.3 Å². The Morgan fingerprint density at radius 3 is 1.33 bits per heavy atom. The number of anilines is 6. The minimum atomic E-state index is 0. The normalized spacial score (nSPS) is 10.9. The summed E-state index contributed by atoms with van der Waals surface area (Å²) in [5.41, 5.74) is 11.6. The molecule has 8 nitrogen and oxygen atoms in total. The summed E-state index contributed by atoms with van der Waals surface area (Å²) in [7, 11) is 0. The number of para-hydroxylation sites is 3. The molecule has 63 heavy (non-hydrogen) atoms. The summed E-state index contributed by atoms with van der Waals surface area (Å²) in [6.07, 6.45) is 3.60. The Hall–Kier alpha value is -7.11. The number of aromatic nitrogens is 6. The van der Waals surface area contributed by atoms with Crippen LogP contribution >= 0.6 is 0 Å². The van der Waals surface area contributed by atoms with Crippen LogP contribution in [0.3, 0.4) is 0 Å². The van der Waals surface area contributed by atoms with Crippen molar-refractivity contribution in [3.8, 4) is 28.5 Å². The molecule has 0 radical (unpaired) electrons. The average Bonchev–Trinajstić information content (AvgIpc) is 3.66. The van der Waals surface area contributed by atoms with Crippen molar-refractivity contribution in [1.29, 1.82) is 0 Å². The maximum Gasteiger partial charge on any atom is 2.00 e. The number of benzene rings is 7. The second-order valence-electron chi connectivity index (χ2n) is 14.3. The third kappa shape index (κ3) is 7.96. The van der Waals surface area contributed by atoms with Crippen LogP contribution in [0.5, 0.6) is 0 Å². The van der Waals surface area contributed by atoms with Crippen LogP contribution in [-0.2, 0) is 42.1 Å². The summed E-state index contributed by atoms with van der Waals surface area (Å²) < 4.78 is 2.02. The van der Waals surface area contributed by atoms with Crippen LogP contribution in [-0.4, -0.2) is 29.7 Å². The molecule has 10 heteroatoms. The molecule has 11 rings (SSSR count). The summed E-state index contributed by atoms with van der Waals surface area (Å²) >= 11 is 0. The van der Waals surface area contributed by atoms with Crippen molar-refractivity contribution in [3.63, 3.8) is 0 Å². The van der Waals surface area contributed by atoms with Crippen LogP contribution in [0.25, 0.3) is 61.3 Å². The van der Waals surface area contributed by atoms with Gasteiger partial charge in [-0.25, -0.2) is 4.98 Å². The van der Waals surface area contributed by atoms with Gasteiger partial charge in [0.2, 0.25) is 0 Å². The van der Waals surface area contributed by atoms with Crippen molar-refractivity contribution in [2.45, 2.75) is 0 Å². The predicted molar refractivity (Wildman–Crippen MR) is 243 cm³/mol. The molecular formula is C53H32N8Pt2. The van der Waals surface area contributed by atoms with E-state index in [0.717, 1.165) is 84.0 Å². The van der Waals surface area contributed by atoms with E-state index in [0.29, 0.717) is 11.5 Å². The van der Waals surface area contributed by atoms with E-state index in [4.69, 9.17) is 10.1 Å². The zero-order chi connectivity index (χ0) is 40.5. The summed E-state index contributed by atoms with van der Waals surface area (Å²) in [4.78, 5) is 18.6. The first-order chi connectivity index (χ1) is 30.2. The number of pyridine rings is 2. The molecule has 0 unspecified atom stereocenters. The van der Waals surface area contributed by atoms with Crippen LogP contribution in [0.4, 0.5) is 34.1 Å². The van der Waals surface area contributed by atoms with Crippen molar-refractivity contribution in [2.24, 2.45) is 0 Å². The van der Waals surface area contributed by atoms with E-state index in [-0.39, 0.29) is 42.1 Å². The van der Waals surface area contributed by atoms with Crippen LogP contribution in [0.2, 0.25) is 0 Å². The molecule has 0 spiro atoms. The van der Waals surface area contributed by atoms with E-state index >= 15 is 0 Å². The SMILES string of the molecule is [Pt+2].[Pt+2].[c-]1c(-c2ccccn2)cccc1N(c1[c-]c2c(cc1)c1ccc(N(c3[c-]c(-c4ccccn4)ccc3)c3ccccc3)[c-]c1n2-c1nnc2ccccc2n1)c1ccccc1. The van der Waals surface area contributed by atoms with Crippen LogP contribution < -0.4 is 9.80 Å². The first-order valence-electron chi connectivity index (χ1n) is 19.9. The standard InChI is InChI=1S/C53H32N8.2Pt/c1-3-17-39(18-4-1)59(41-21-13-15-37(33-41)47-23-9-11-31-54-47)43-27-29-45-46-30-28-44(36-52(46)61(51(45)35-43)53-56-49-25-7-8-26-50(49)57-58-53)60(40-19-5-2-6-20-40)42-22-14-16-38(34-42)48-24-10-12-32-55-48;;/h1-32H;;/q-4;2*+2. The minimum absolute atomic E-state index is 0. The second-order valence-corrected chi connectivity index (χ2v) is 14.3. The van der Waals surface area contributed by atoms with Gasteiger partial charge in [0.05, 0.1) is 5.52 Å². The van der Waals surface area contributed by atoms with E-state index in [1.165, 1.54) is 0 Å². The van der Waals surface area contributed by atoms with E-state index < -0.39 is 0 Å². The van der Waals surface area contributed by atoms with E-state index in [1.54, 1.807) is 12.4 Å². The molecule has 0 aliphatic heterocycles. The van der Waals surface area contributed by atoms with Gasteiger partial charge in [-0.2, -0.15) is 22.9 Å². The van der Waals surface area contributed by atoms with Gasteiger partial charge in [0.25, 0.3) is 5.95 Å². The number of rotatable bonds is 9. The molecule has 0 fully saturated rings. The quantitative estimate of drug-likeness (QED) is 0.133. The number of nitrogens with zero attached hydrogens (tertiary/aromatic N) is 8. The molecule has 11 aromatic rings. The Bertz CT molecular complexity index is 3150. The number of hydrogen-bond acceptors (Lipinski definition) is 7. The van der Waals surface area contributed by atoms with Gasteiger partial charge in [-0.05, 0) is 71.3 Å². The van der Waals surface area contributed by atoms with Crippen molar-refractivity contribution in [3.05, 3.63) is 219 Å². The van der Waals surface area contributed by atoms with Crippen LogP contribution in [0, 0.1) is 24.3 Å². The van der Waals surface area contributed by atoms with Gasteiger partial charge in [-0.3, -0.25) is 0 Å². The fourth-order valence-electron chi connectivity index (χ4n) is 7.76. The van der Waals surface area contributed by atoms with Crippen molar-refractivity contribution in [2.75, 3.05) is 9.80 Å². The summed E-state index contributed by atoms with van der Waals surface area (Å²) in [6.45, 7) is 0. The molecule has 0 aliphatic carbocycles. The topological polar surface area (TPSA) is 75.9 Å². The van der Waals surface area contributed by atoms with Crippen molar-refractivity contribution in [1.82, 2.24) is 29.7 Å². The third-order valence-corrected chi connectivity index (χ3v) is 10.5. The molecule has 0 N–H and O–H groups in total. The molecule has 0 aliphatic rings. The van der Waals surface area contributed by atoms with Crippen molar-refractivity contribution < 1.29 is 42.1 Å². The molecule has 0 amide bonds. The Kier molecular flexibility index (Phi) is 11.8. The monoisotopic (exact) mass is 1170 g/mol. The summed E-state index contributed by atoms with van der Waals surface area (Å²) in [5, 5.41) is 11.3. The Morgan fingerprint density at radius 1 is 0.381 bits per heavy atom. The summed E-state index contributed by atoms with van der Waals surface area (Å²) in [5.74, 6) is 0.408. The van der Waals surface area contributed by atoms with Gasteiger partial charge in [0.15, 0.2) is 0 Å². The molecule has 0 saturated carbocycles. The Balaban J connectivity index is 0.00000252. The molecule has 4 heterocycles. The zero-order valence-electron chi connectivity index (χ0n) is 33.2. The van der Waals surface area contributed by atoms with E-state index in [9.17, 15) is 0 Å². The molecule has 0 saturated heterocycles. The summed E-state index contributed by atoms with van der Waals surface area (Å²) in [6, 6.07) is 75.8. The van der Waals surface area contributed by atoms with Gasteiger partial charge in [-0.1, -0.05) is 95.2 Å². The van der Waals surface area contributed by atoms with Gasteiger partial charge >= 0.3 is 42.1 Å². The van der Waals surface area contributed by atoms with Crippen LogP contribution in [0.1, 0.15) is 0 Å². The molecule has 0 bridgehead atoms. The molecule has 7 aromatic carbocycles. The molecule has 4 aromatic heterocycles. The minimum Gasteiger partial charge on any atom is -0.352 e. The van der Waals surface area contributed by atoms with Gasteiger partial charge in [-0.15, -0.1) is 94.1 Å². The van der Waals surface area contributed by atoms with E-state index in [2.05, 4.69) is 110 Å². The van der Waals surface area contributed by atoms with Gasteiger partial charge in [0, 0.05) is 23.8 Å². The first kappa shape index (κ1) is 41.2. The third-order valence-electron chi connectivity index (χ3n) is 10.5. The first-order valence-corrected chi connectivity index (χ1v) is 19.9. The average molecular weight is 1170 g/mol. The molecular weight excluding hydrogens is 1140 g/mol. The molecule has 304 valence electrons. The van der Waals surface area contributed by atoms with Crippen LogP contribution in [0.15, 0.2) is 194 Å². The predicted octanol–water partition coefficient (Wildman–Crippen LogP) is 12.4. The van der Waals surface area contributed by atoms with Gasteiger partial charge in [0.1, 0.15) is 5.52 Å². The van der Waals surface area contributed by atoms with E-state index in [1.807, 2.05) is 126 Å². The molecule has 0 atom stereocenters. The maximum absolute atomic E-state index is 5.09.